The third kappa shape index (κ3) is 4.17. The summed E-state index contributed by atoms with van der Waals surface area (Å²) < 4.78 is 34.0. The summed E-state index contributed by atoms with van der Waals surface area (Å²) in [5, 5.41) is 2.65. The summed E-state index contributed by atoms with van der Waals surface area (Å²) in [5.41, 5.74) is 0.681. The molecule has 2 rings (SSSR count). The first-order chi connectivity index (χ1) is 10.8. The third-order valence-corrected chi connectivity index (χ3v) is 4.84. The lowest BCUT2D eigenvalue weighted by Gasteiger charge is -2.06. The second-order valence-electron chi connectivity index (χ2n) is 4.93. The van der Waals surface area contributed by atoms with Gasteiger partial charge >= 0.3 is 0 Å². The van der Waals surface area contributed by atoms with Crippen molar-refractivity contribution >= 4 is 21.4 Å². The van der Waals surface area contributed by atoms with E-state index in [0.29, 0.717) is 17.3 Å². The van der Waals surface area contributed by atoms with Gasteiger partial charge in [0.05, 0.1) is 17.3 Å². The van der Waals surface area contributed by atoms with Crippen LogP contribution in [0.1, 0.15) is 22.1 Å². The van der Waals surface area contributed by atoms with Crippen molar-refractivity contribution in [2.75, 3.05) is 24.8 Å². The van der Waals surface area contributed by atoms with Crippen LogP contribution in [-0.2, 0) is 14.6 Å². The number of hydrogen-bond acceptors (Lipinski definition) is 6. The van der Waals surface area contributed by atoms with Crippen LogP contribution in [0, 0.1) is 13.8 Å². The van der Waals surface area contributed by atoms with E-state index in [9.17, 15) is 13.2 Å². The van der Waals surface area contributed by atoms with Gasteiger partial charge < -0.3 is 14.5 Å². The molecular weight excluding hydrogens is 320 g/mol. The maximum Gasteiger partial charge on any atom is 0.277 e. The van der Waals surface area contributed by atoms with Crippen LogP contribution in [-0.4, -0.2) is 38.8 Å². The van der Waals surface area contributed by atoms with Crippen molar-refractivity contribution in [3.8, 4) is 0 Å². The van der Waals surface area contributed by atoms with Gasteiger partial charge in [-0.1, -0.05) is 0 Å². The number of hydrogen-bond donors (Lipinski definition) is 1. The number of anilines is 1. The molecule has 0 bridgehead atoms. The largest absolute Gasteiger partial charge is 0.445 e. The number of rotatable bonds is 6. The first-order valence-electron chi connectivity index (χ1n) is 6.90. The van der Waals surface area contributed by atoms with Crippen LogP contribution in [0.2, 0.25) is 0 Å². The van der Waals surface area contributed by atoms with Gasteiger partial charge in [0.25, 0.3) is 5.91 Å². The standard InChI is InChI=1S/C15H18N2O5S/c1-10-14(16-11(2)22-10)15(18)17-12-4-6-13(7-5-12)23(19,20)9-8-21-3/h4-7H,8-9H2,1-3H3,(H,17,18). The lowest BCUT2D eigenvalue weighted by Crippen LogP contribution is -2.14. The molecule has 0 unspecified atom stereocenters. The van der Waals surface area contributed by atoms with E-state index >= 15 is 0 Å². The molecule has 7 nitrogen and oxygen atoms in total. The average molecular weight is 338 g/mol. The summed E-state index contributed by atoms with van der Waals surface area (Å²) in [4.78, 5) is 16.3. The Bertz CT molecular complexity index is 794. The summed E-state index contributed by atoms with van der Waals surface area (Å²) >= 11 is 0. The molecule has 0 saturated heterocycles. The highest BCUT2D eigenvalue weighted by molar-refractivity contribution is 7.91. The fourth-order valence-electron chi connectivity index (χ4n) is 1.99. The van der Waals surface area contributed by atoms with E-state index in [2.05, 4.69) is 10.3 Å². The molecule has 0 radical (unpaired) electrons. The van der Waals surface area contributed by atoms with Gasteiger partial charge in [0, 0.05) is 19.7 Å². The van der Waals surface area contributed by atoms with Crippen LogP contribution in [0.3, 0.4) is 0 Å². The number of amides is 1. The second-order valence-corrected chi connectivity index (χ2v) is 7.04. The molecule has 0 atom stereocenters. The number of benzene rings is 1. The number of carbonyl (C=O) groups is 1. The topological polar surface area (TPSA) is 98.5 Å². The van der Waals surface area contributed by atoms with Crippen molar-refractivity contribution in [1.29, 1.82) is 0 Å². The summed E-state index contributed by atoms with van der Waals surface area (Å²) in [5.74, 6) is 0.340. The molecule has 23 heavy (non-hydrogen) atoms. The van der Waals surface area contributed by atoms with E-state index in [-0.39, 0.29) is 22.9 Å². The highest BCUT2D eigenvalue weighted by Gasteiger charge is 2.17. The number of nitrogens with one attached hydrogen (secondary N) is 1. The quantitative estimate of drug-likeness (QED) is 0.864. The average Bonchev–Trinajstić information content (AvgIpc) is 2.84. The minimum Gasteiger partial charge on any atom is -0.445 e. The smallest absolute Gasteiger partial charge is 0.277 e. The fourth-order valence-corrected chi connectivity index (χ4v) is 3.16. The minimum absolute atomic E-state index is 0.0907. The van der Waals surface area contributed by atoms with Crippen LogP contribution < -0.4 is 5.32 Å². The Balaban J connectivity index is 2.11. The number of aromatic nitrogens is 1. The molecule has 0 aliphatic heterocycles. The number of ether oxygens (including phenoxy) is 1. The zero-order chi connectivity index (χ0) is 17.0. The molecule has 0 saturated carbocycles. The summed E-state index contributed by atoms with van der Waals surface area (Å²) in [6.07, 6.45) is 0. The van der Waals surface area contributed by atoms with Crippen molar-refractivity contribution in [2.24, 2.45) is 0 Å². The Kier molecular flexibility index (Phi) is 5.17. The van der Waals surface area contributed by atoms with Crippen molar-refractivity contribution in [1.82, 2.24) is 4.98 Å². The van der Waals surface area contributed by atoms with E-state index in [0.717, 1.165) is 0 Å². The van der Waals surface area contributed by atoms with Gasteiger partial charge in [-0.2, -0.15) is 0 Å². The molecule has 1 heterocycles. The Morgan fingerprint density at radius 1 is 1.26 bits per heavy atom. The van der Waals surface area contributed by atoms with Gasteiger partial charge in [-0.25, -0.2) is 13.4 Å². The maximum atomic E-state index is 12.1. The van der Waals surface area contributed by atoms with Gasteiger partial charge in [0.15, 0.2) is 21.4 Å². The number of aryl methyl sites for hydroxylation is 2. The molecule has 0 fully saturated rings. The highest BCUT2D eigenvalue weighted by Crippen LogP contribution is 2.17. The van der Waals surface area contributed by atoms with Gasteiger partial charge in [0.2, 0.25) is 0 Å². The molecule has 124 valence electrons. The van der Waals surface area contributed by atoms with Crippen LogP contribution in [0.25, 0.3) is 0 Å². The highest BCUT2D eigenvalue weighted by atomic mass is 32.2. The van der Waals surface area contributed by atoms with Crippen LogP contribution >= 0.6 is 0 Å². The third-order valence-electron chi connectivity index (χ3n) is 3.15. The molecule has 2 aromatic rings. The number of nitrogens with zero attached hydrogens (tertiary/aromatic N) is 1. The lowest BCUT2D eigenvalue weighted by molar-refractivity contribution is 0.102. The Hall–Kier alpha value is -2.19. The number of oxazole rings is 1. The normalized spacial score (nSPS) is 11.4. The Labute approximate surface area is 134 Å². The summed E-state index contributed by atoms with van der Waals surface area (Å²) in [6, 6.07) is 5.95. The molecule has 1 amide bonds. The lowest BCUT2D eigenvalue weighted by atomic mass is 10.3. The molecule has 8 heteroatoms. The Morgan fingerprint density at radius 2 is 1.91 bits per heavy atom. The van der Waals surface area contributed by atoms with Crippen LogP contribution in [0.15, 0.2) is 33.6 Å². The molecule has 1 aromatic carbocycles. The van der Waals surface area contributed by atoms with Gasteiger partial charge in [-0.05, 0) is 31.2 Å². The predicted molar refractivity (Wildman–Crippen MR) is 84.3 cm³/mol. The van der Waals surface area contributed by atoms with E-state index in [4.69, 9.17) is 9.15 Å². The van der Waals surface area contributed by atoms with Crippen molar-refractivity contribution in [3.05, 3.63) is 41.6 Å². The van der Waals surface area contributed by atoms with Gasteiger partial charge in [-0.3, -0.25) is 4.79 Å². The molecule has 1 N–H and O–H groups in total. The van der Waals surface area contributed by atoms with E-state index in [1.807, 2.05) is 0 Å². The van der Waals surface area contributed by atoms with Crippen molar-refractivity contribution < 1.29 is 22.4 Å². The van der Waals surface area contributed by atoms with Gasteiger partial charge in [-0.15, -0.1) is 0 Å². The first-order valence-corrected chi connectivity index (χ1v) is 8.56. The van der Waals surface area contributed by atoms with Crippen molar-refractivity contribution in [3.63, 3.8) is 0 Å². The number of methoxy groups -OCH3 is 1. The maximum absolute atomic E-state index is 12.1. The molecule has 0 aliphatic rings. The Morgan fingerprint density at radius 3 is 2.43 bits per heavy atom. The molecule has 1 aromatic heterocycles. The van der Waals surface area contributed by atoms with E-state index in [1.54, 1.807) is 13.8 Å². The minimum atomic E-state index is -3.39. The van der Waals surface area contributed by atoms with Gasteiger partial charge in [0.1, 0.15) is 5.76 Å². The summed E-state index contributed by atoms with van der Waals surface area (Å²) in [7, 11) is -1.94. The fraction of sp³-hybridized carbons (Fsp3) is 0.333. The molecule has 0 aliphatic carbocycles. The summed E-state index contributed by atoms with van der Waals surface area (Å²) in [6.45, 7) is 3.44. The zero-order valence-electron chi connectivity index (χ0n) is 13.1. The van der Waals surface area contributed by atoms with E-state index < -0.39 is 15.7 Å². The van der Waals surface area contributed by atoms with Crippen LogP contribution in [0.4, 0.5) is 5.69 Å². The van der Waals surface area contributed by atoms with E-state index in [1.165, 1.54) is 31.4 Å². The SMILES string of the molecule is COCCS(=O)(=O)c1ccc(NC(=O)c2nc(C)oc2C)cc1. The zero-order valence-corrected chi connectivity index (χ0v) is 13.9. The molecule has 0 spiro atoms. The van der Waals surface area contributed by atoms with Crippen molar-refractivity contribution in [2.45, 2.75) is 18.7 Å². The molecular formula is C15H18N2O5S. The monoisotopic (exact) mass is 338 g/mol. The predicted octanol–water partition coefficient (Wildman–Crippen LogP) is 1.96. The second kappa shape index (κ2) is 6.93. The van der Waals surface area contributed by atoms with Crippen LogP contribution in [0.5, 0.6) is 0 Å². The number of carbonyl (C=O) groups excluding carboxylic acids is 1. The first kappa shape index (κ1) is 17.2. The number of sulfone groups is 1.